The van der Waals surface area contributed by atoms with Crippen LogP contribution in [0.5, 0.6) is 0 Å². The predicted molar refractivity (Wildman–Crippen MR) is 95.4 cm³/mol. The van der Waals surface area contributed by atoms with E-state index >= 15 is 0 Å². The van der Waals surface area contributed by atoms with Gasteiger partial charge in [0.05, 0.1) is 0 Å². The van der Waals surface area contributed by atoms with Crippen LogP contribution in [0.2, 0.25) is 5.02 Å². The number of halogens is 1. The fraction of sp³-hybridized carbons (Fsp3) is 0.474. The monoisotopic (exact) mass is 347 g/mol. The van der Waals surface area contributed by atoms with Gasteiger partial charge < -0.3 is 9.73 Å². The largest absolute Gasteiger partial charge is 0.423 e. The molecule has 5 heteroatoms. The molecule has 1 amide bonds. The highest BCUT2D eigenvalue weighted by atomic mass is 35.5. The predicted octanol–water partition coefficient (Wildman–Crippen LogP) is 4.26. The third kappa shape index (κ3) is 3.34. The second kappa shape index (κ2) is 6.98. The summed E-state index contributed by atoms with van der Waals surface area (Å²) < 4.78 is 5.32. The van der Waals surface area contributed by atoms with E-state index in [0.29, 0.717) is 17.2 Å². The third-order valence-electron chi connectivity index (χ3n) is 4.90. The maximum absolute atomic E-state index is 12.4. The highest BCUT2D eigenvalue weighted by Gasteiger charge is 2.21. The molecule has 0 bridgehead atoms. The zero-order valence-corrected chi connectivity index (χ0v) is 14.8. The molecule has 128 valence electrons. The van der Waals surface area contributed by atoms with Crippen molar-refractivity contribution in [3.8, 4) is 0 Å². The molecule has 0 atom stereocenters. The van der Waals surface area contributed by atoms with Crippen LogP contribution in [-0.2, 0) is 11.3 Å². The van der Waals surface area contributed by atoms with E-state index in [9.17, 15) is 9.59 Å². The molecule has 1 aliphatic rings. The summed E-state index contributed by atoms with van der Waals surface area (Å²) in [7, 11) is 0. The molecule has 0 saturated heterocycles. The lowest BCUT2D eigenvalue weighted by molar-refractivity contribution is -0.126. The van der Waals surface area contributed by atoms with Crippen LogP contribution in [0.1, 0.15) is 48.8 Å². The topological polar surface area (TPSA) is 59.3 Å². The summed E-state index contributed by atoms with van der Waals surface area (Å²) in [5.74, 6) is 0.170. The molecule has 1 N–H and O–H groups in total. The Morgan fingerprint density at radius 1 is 1.25 bits per heavy atom. The summed E-state index contributed by atoms with van der Waals surface area (Å²) in [4.78, 5) is 24.2. The molecule has 0 unspecified atom stereocenters. The normalized spacial score (nSPS) is 15.6. The minimum absolute atomic E-state index is 0.0759. The van der Waals surface area contributed by atoms with Crippen molar-refractivity contribution in [3.05, 3.63) is 44.3 Å². The molecule has 3 rings (SSSR count). The van der Waals surface area contributed by atoms with Crippen LogP contribution in [0.4, 0.5) is 0 Å². The maximum atomic E-state index is 12.4. The van der Waals surface area contributed by atoms with Crippen LogP contribution >= 0.6 is 11.6 Å². The summed E-state index contributed by atoms with van der Waals surface area (Å²) in [6.07, 6.45) is 5.35. The molecule has 1 fully saturated rings. The van der Waals surface area contributed by atoms with E-state index in [-0.39, 0.29) is 11.8 Å². The second-order valence-electron chi connectivity index (χ2n) is 6.65. The van der Waals surface area contributed by atoms with Gasteiger partial charge in [0.25, 0.3) is 0 Å². The molecule has 1 aliphatic carbocycles. The molecule has 2 aromatic rings. The summed E-state index contributed by atoms with van der Waals surface area (Å²) in [6.45, 7) is 4.11. The number of hydrogen-bond donors (Lipinski definition) is 1. The molecule has 1 heterocycles. The van der Waals surface area contributed by atoms with Crippen LogP contribution in [0, 0.1) is 19.8 Å². The number of benzene rings is 1. The van der Waals surface area contributed by atoms with Crippen molar-refractivity contribution in [1.82, 2.24) is 5.32 Å². The molecule has 1 aromatic heterocycles. The summed E-state index contributed by atoms with van der Waals surface area (Å²) in [5.41, 5.74) is 2.60. The van der Waals surface area contributed by atoms with Crippen molar-refractivity contribution in [2.24, 2.45) is 5.92 Å². The van der Waals surface area contributed by atoms with Gasteiger partial charge >= 0.3 is 5.63 Å². The average molecular weight is 348 g/mol. The fourth-order valence-electron chi connectivity index (χ4n) is 3.59. The van der Waals surface area contributed by atoms with Gasteiger partial charge in [-0.1, -0.05) is 30.9 Å². The number of carbonyl (C=O) groups is 1. The Labute approximate surface area is 146 Å². The summed E-state index contributed by atoms with van der Waals surface area (Å²) in [5, 5.41) is 4.46. The Morgan fingerprint density at radius 2 is 1.96 bits per heavy atom. The number of aryl methyl sites for hydroxylation is 2. The van der Waals surface area contributed by atoms with Gasteiger partial charge in [-0.2, -0.15) is 0 Å². The second-order valence-corrected chi connectivity index (χ2v) is 7.03. The SMILES string of the molecule is Cc1cc2oc(=O)cc(CNC(=O)C3CCCCC3)c2c(C)c1Cl. The van der Waals surface area contributed by atoms with Crippen LogP contribution in [0.25, 0.3) is 11.0 Å². The minimum Gasteiger partial charge on any atom is -0.423 e. The Kier molecular flexibility index (Phi) is 4.95. The van der Waals surface area contributed by atoms with Crippen LogP contribution in [0.15, 0.2) is 21.3 Å². The van der Waals surface area contributed by atoms with Gasteiger partial charge in [0, 0.05) is 28.9 Å². The Bertz CT molecular complexity index is 835. The van der Waals surface area contributed by atoms with Crippen molar-refractivity contribution < 1.29 is 9.21 Å². The maximum Gasteiger partial charge on any atom is 0.336 e. The molecule has 1 aromatic carbocycles. The smallest absolute Gasteiger partial charge is 0.336 e. The van der Waals surface area contributed by atoms with Crippen LogP contribution in [-0.4, -0.2) is 5.91 Å². The van der Waals surface area contributed by atoms with E-state index < -0.39 is 5.63 Å². The molecule has 0 aliphatic heterocycles. The molecule has 24 heavy (non-hydrogen) atoms. The third-order valence-corrected chi connectivity index (χ3v) is 5.48. The van der Waals surface area contributed by atoms with E-state index in [4.69, 9.17) is 16.0 Å². The highest BCUT2D eigenvalue weighted by Crippen LogP contribution is 2.30. The van der Waals surface area contributed by atoms with E-state index in [1.807, 2.05) is 13.8 Å². The molecule has 0 spiro atoms. The van der Waals surface area contributed by atoms with E-state index in [2.05, 4.69) is 5.32 Å². The minimum atomic E-state index is -0.412. The molecule has 1 saturated carbocycles. The summed E-state index contributed by atoms with van der Waals surface area (Å²) in [6, 6.07) is 3.22. The summed E-state index contributed by atoms with van der Waals surface area (Å²) >= 11 is 6.35. The van der Waals surface area contributed by atoms with Gasteiger partial charge in [-0.25, -0.2) is 4.79 Å². The van der Waals surface area contributed by atoms with Crippen molar-refractivity contribution in [1.29, 1.82) is 0 Å². The van der Waals surface area contributed by atoms with Gasteiger partial charge in [-0.3, -0.25) is 4.79 Å². The lowest BCUT2D eigenvalue weighted by Gasteiger charge is -2.21. The van der Waals surface area contributed by atoms with Crippen molar-refractivity contribution in [3.63, 3.8) is 0 Å². The molecular weight excluding hydrogens is 326 g/mol. The number of fused-ring (bicyclic) bond motifs is 1. The van der Waals surface area contributed by atoms with Gasteiger partial charge in [0.2, 0.25) is 5.91 Å². The van der Waals surface area contributed by atoms with Crippen molar-refractivity contribution in [2.75, 3.05) is 0 Å². The first-order chi connectivity index (χ1) is 11.5. The van der Waals surface area contributed by atoms with Crippen LogP contribution < -0.4 is 10.9 Å². The van der Waals surface area contributed by atoms with E-state index in [1.165, 1.54) is 12.5 Å². The number of hydrogen-bond acceptors (Lipinski definition) is 3. The molecule has 0 radical (unpaired) electrons. The molecule has 4 nitrogen and oxygen atoms in total. The van der Waals surface area contributed by atoms with Crippen LogP contribution in [0.3, 0.4) is 0 Å². The lowest BCUT2D eigenvalue weighted by Crippen LogP contribution is -2.31. The van der Waals surface area contributed by atoms with Crippen molar-refractivity contribution >= 4 is 28.5 Å². The zero-order valence-electron chi connectivity index (χ0n) is 14.1. The zero-order chi connectivity index (χ0) is 17.3. The Balaban J connectivity index is 1.90. The average Bonchev–Trinajstić information content (AvgIpc) is 2.57. The number of amides is 1. The first-order valence-electron chi connectivity index (χ1n) is 8.47. The quantitative estimate of drug-likeness (QED) is 0.844. The first kappa shape index (κ1) is 17.0. The number of rotatable bonds is 3. The van der Waals surface area contributed by atoms with Crippen molar-refractivity contribution in [2.45, 2.75) is 52.5 Å². The standard InChI is InChI=1S/C19H22ClNO3/c1-11-8-15-17(12(2)18(11)20)14(9-16(22)24-15)10-21-19(23)13-6-4-3-5-7-13/h8-9,13H,3-7,10H2,1-2H3,(H,21,23). The van der Waals surface area contributed by atoms with E-state index in [1.54, 1.807) is 6.07 Å². The van der Waals surface area contributed by atoms with E-state index in [0.717, 1.165) is 47.8 Å². The number of nitrogens with one attached hydrogen (secondary N) is 1. The van der Waals surface area contributed by atoms with Gasteiger partial charge in [-0.15, -0.1) is 0 Å². The van der Waals surface area contributed by atoms with Gasteiger partial charge in [-0.05, 0) is 49.4 Å². The first-order valence-corrected chi connectivity index (χ1v) is 8.85. The van der Waals surface area contributed by atoms with Gasteiger partial charge in [0.1, 0.15) is 5.58 Å². The highest BCUT2D eigenvalue weighted by molar-refractivity contribution is 6.33. The molecular formula is C19H22ClNO3. The Morgan fingerprint density at radius 3 is 2.67 bits per heavy atom. The number of carbonyl (C=O) groups excluding carboxylic acids is 1. The fourth-order valence-corrected chi connectivity index (χ4v) is 3.73. The Hall–Kier alpha value is -1.81. The lowest BCUT2D eigenvalue weighted by atomic mass is 9.88. The van der Waals surface area contributed by atoms with Gasteiger partial charge in [0.15, 0.2) is 0 Å².